The molecule has 0 bridgehead atoms. The van der Waals surface area contributed by atoms with Gasteiger partial charge in [-0.05, 0) is 87.9 Å². The number of aromatic nitrogens is 3. The van der Waals surface area contributed by atoms with Gasteiger partial charge in [0.15, 0.2) is 5.82 Å². The molecule has 2 heterocycles. The van der Waals surface area contributed by atoms with Crippen LogP contribution in [0, 0.1) is 27.7 Å². The highest BCUT2D eigenvalue weighted by Crippen LogP contribution is 2.40. The van der Waals surface area contributed by atoms with Gasteiger partial charge >= 0.3 is 5.97 Å². The molecule has 5 rings (SSSR count). The van der Waals surface area contributed by atoms with Crippen LogP contribution in [-0.2, 0) is 29.1 Å². The van der Waals surface area contributed by atoms with Crippen LogP contribution in [0.1, 0.15) is 63.3 Å². The minimum absolute atomic E-state index is 0.263. The van der Waals surface area contributed by atoms with Gasteiger partial charge in [-0.15, -0.1) is 0 Å². The molecule has 0 aliphatic rings. The van der Waals surface area contributed by atoms with Crippen LogP contribution in [-0.4, -0.2) is 34.1 Å². The van der Waals surface area contributed by atoms with Gasteiger partial charge in [0, 0.05) is 32.9 Å². The maximum atomic E-state index is 13.1. The van der Waals surface area contributed by atoms with Gasteiger partial charge < -0.3 is 19.2 Å². The number of carbonyl (C=O) groups excluding carboxylic acids is 1. The lowest BCUT2D eigenvalue weighted by molar-refractivity contribution is 0.0519. The smallest absolute Gasteiger partial charge is 0.355 e. The molecule has 0 amide bonds. The highest BCUT2D eigenvalue weighted by Gasteiger charge is 2.24. The Morgan fingerprint density at radius 1 is 0.889 bits per heavy atom. The Kier molecular flexibility index (Phi) is 10.4. The molecule has 0 fully saturated rings. The van der Waals surface area contributed by atoms with E-state index in [0.717, 1.165) is 66.4 Å². The third-order valence-electron chi connectivity index (χ3n) is 7.67. The van der Waals surface area contributed by atoms with Gasteiger partial charge in [0.25, 0.3) is 0 Å². The van der Waals surface area contributed by atoms with Crippen LogP contribution < -0.4 is 4.74 Å². The Bertz CT molecular complexity index is 1790. The second kappa shape index (κ2) is 14.5. The van der Waals surface area contributed by atoms with Gasteiger partial charge in [0.1, 0.15) is 18.1 Å². The molecule has 5 aromatic rings. The molecular weight excluding hydrogens is 609 g/mol. The molecule has 2 aromatic heterocycles. The predicted octanol–water partition coefficient (Wildman–Crippen LogP) is 9.07. The summed E-state index contributed by atoms with van der Waals surface area (Å²) in [6, 6.07) is 17.7. The first-order chi connectivity index (χ1) is 21.7. The van der Waals surface area contributed by atoms with Gasteiger partial charge in [-0.2, -0.15) is 0 Å². The largest absolute Gasteiger partial charge is 0.494 e. The summed E-state index contributed by atoms with van der Waals surface area (Å²) < 4.78 is 17.4. The number of nitrogens with one attached hydrogen (secondary N) is 1. The van der Waals surface area contributed by atoms with Crippen molar-refractivity contribution in [1.82, 2.24) is 15.0 Å². The van der Waals surface area contributed by atoms with E-state index in [0.29, 0.717) is 42.6 Å². The molecular formula is C36H37Cl2N3O4. The minimum atomic E-state index is -0.411. The summed E-state index contributed by atoms with van der Waals surface area (Å²) in [5.41, 5.74) is 8.15. The van der Waals surface area contributed by atoms with E-state index in [2.05, 4.69) is 4.98 Å². The fraction of sp³-hybridized carbons (Fsp3) is 0.306. The van der Waals surface area contributed by atoms with E-state index in [1.54, 1.807) is 6.92 Å². The van der Waals surface area contributed by atoms with Crippen LogP contribution in [0.3, 0.4) is 0 Å². The van der Waals surface area contributed by atoms with E-state index in [4.69, 9.17) is 47.4 Å². The van der Waals surface area contributed by atoms with Crippen LogP contribution in [0.25, 0.3) is 22.0 Å². The lowest BCUT2D eigenvalue weighted by Crippen LogP contribution is -2.09. The molecule has 0 unspecified atom stereocenters. The van der Waals surface area contributed by atoms with E-state index in [9.17, 15) is 4.79 Å². The minimum Gasteiger partial charge on any atom is -0.494 e. The first kappa shape index (κ1) is 32.5. The van der Waals surface area contributed by atoms with Crippen molar-refractivity contribution in [2.45, 2.75) is 60.7 Å². The van der Waals surface area contributed by atoms with Gasteiger partial charge in [-0.25, -0.2) is 14.8 Å². The van der Waals surface area contributed by atoms with Crippen molar-refractivity contribution in [2.75, 3.05) is 13.2 Å². The van der Waals surface area contributed by atoms with Crippen LogP contribution in [0.15, 0.2) is 54.6 Å². The monoisotopic (exact) mass is 645 g/mol. The molecule has 1 N–H and O–H groups in total. The summed E-state index contributed by atoms with van der Waals surface area (Å²) in [5, 5.41) is 2.17. The van der Waals surface area contributed by atoms with Gasteiger partial charge in [0.05, 0.1) is 30.4 Å². The van der Waals surface area contributed by atoms with Crippen LogP contribution in [0.2, 0.25) is 10.0 Å². The number of halogens is 2. The van der Waals surface area contributed by atoms with Crippen molar-refractivity contribution in [2.24, 2.45) is 0 Å². The Balaban J connectivity index is 1.43. The molecule has 0 aliphatic heterocycles. The maximum Gasteiger partial charge on any atom is 0.355 e. The van der Waals surface area contributed by atoms with Gasteiger partial charge in [0.2, 0.25) is 0 Å². The lowest BCUT2D eigenvalue weighted by atomic mass is 9.97. The normalized spacial score (nSPS) is 11.3. The Morgan fingerprint density at radius 3 is 2.24 bits per heavy atom. The first-order valence-corrected chi connectivity index (χ1v) is 15.8. The fourth-order valence-electron chi connectivity index (χ4n) is 5.65. The summed E-state index contributed by atoms with van der Waals surface area (Å²) in [5.74, 6) is 0.956. The number of esters is 1. The van der Waals surface area contributed by atoms with E-state index >= 15 is 0 Å². The highest BCUT2D eigenvalue weighted by molar-refractivity contribution is 6.35. The lowest BCUT2D eigenvalue weighted by Gasteiger charge is -2.14. The molecule has 3 aromatic carbocycles. The molecule has 0 saturated heterocycles. The van der Waals surface area contributed by atoms with Crippen molar-refractivity contribution >= 4 is 40.1 Å². The number of carbonyl (C=O) groups is 1. The first-order valence-electron chi connectivity index (χ1n) is 15.0. The van der Waals surface area contributed by atoms with Crippen molar-refractivity contribution in [3.05, 3.63) is 110 Å². The SMILES string of the molecule is CCOC(=O)c1[nH]c2c(-c3c(C)nc(COCc4ccccc4)nc3C)c(Cl)ccc2c1CCCOc1cc(C)c(Cl)c(C)c1. The number of H-pyrrole nitrogens is 1. The Morgan fingerprint density at radius 2 is 1.58 bits per heavy atom. The molecule has 0 aliphatic carbocycles. The van der Waals surface area contributed by atoms with Crippen LogP contribution >= 0.6 is 23.2 Å². The number of aryl methyl sites for hydroxylation is 5. The summed E-state index contributed by atoms with van der Waals surface area (Å²) >= 11 is 13.2. The molecule has 45 heavy (non-hydrogen) atoms. The second-order valence-corrected chi connectivity index (χ2v) is 11.8. The van der Waals surface area contributed by atoms with Crippen molar-refractivity contribution in [3.8, 4) is 16.9 Å². The van der Waals surface area contributed by atoms with Crippen LogP contribution in [0.5, 0.6) is 5.75 Å². The van der Waals surface area contributed by atoms with Crippen LogP contribution in [0.4, 0.5) is 0 Å². The summed E-state index contributed by atoms with van der Waals surface area (Å²) in [6.45, 7) is 11.1. The number of benzene rings is 3. The number of aromatic amines is 1. The van der Waals surface area contributed by atoms with E-state index in [-0.39, 0.29) is 13.2 Å². The molecule has 0 radical (unpaired) electrons. The maximum absolute atomic E-state index is 13.1. The van der Waals surface area contributed by atoms with E-state index in [1.807, 2.05) is 82.3 Å². The highest BCUT2D eigenvalue weighted by atomic mass is 35.5. The molecule has 0 atom stereocenters. The van der Waals surface area contributed by atoms with Gasteiger partial charge in [-0.1, -0.05) is 59.6 Å². The van der Waals surface area contributed by atoms with E-state index in [1.165, 1.54) is 0 Å². The van der Waals surface area contributed by atoms with Gasteiger partial charge in [-0.3, -0.25) is 0 Å². The topological polar surface area (TPSA) is 86.3 Å². The quantitative estimate of drug-likeness (QED) is 0.108. The average molecular weight is 647 g/mol. The summed E-state index contributed by atoms with van der Waals surface area (Å²) in [7, 11) is 0. The van der Waals surface area contributed by atoms with Crippen molar-refractivity contribution < 1.29 is 19.0 Å². The second-order valence-electron chi connectivity index (χ2n) is 11.0. The third-order valence-corrected chi connectivity index (χ3v) is 8.58. The molecule has 234 valence electrons. The number of hydrogen-bond acceptors (Lipinski definition) is 6. The zero-order valence-corrected chi connectivity index (χ0v) is 27.7. The number of hydrogen-bond donors (Lipinski definition) is 1. The summed E-state index contributed by atoms with van der Waals surface area (Å²) in [4.78, 5) is 26.0. The fourth-order valence-corrected chi connectivity index (χ4v) is 6.01. The molecule has 0 spiro atoms. The molecule has 9 heteroatoms. The number of fused-ring (bicyclic) bond motifs is 1. The zero-order chi connectivity index (χ0) is 32.1. The van der Waals surface area contributed by atoms with Crippen molar-refractivity contribution in [3.63, 3.8) is 0 Å². The zero-order valence-electron chi connectivity index (χ0n) is 26.2. The van der Waals surface area contributed by atoms with E-state index < -0.39 is 5.97 Å². The predicted molar refractivity (Wildman–Crippen MR) is 179 cm³/mol. The number of nitrogens with zero attached hydrogens (tertiary/aromatic N) is 2. The van der Waals surface area contributed by atoms with Crippen molar-refractivity contribution in [1.29, 1.82) is 0 Å². The molecule has 7 nitrogen and oxygen atoms in total. The molecule has 0 saturated carbocycles. The number of ether oxygens (including phenoxy) is 3. The Labute approximate surface area is 273 Å². The number of rotatable bonds is 12. The standard InChI is InChI=1S/C36H37Cl2N3O4/c1-6-44-36(42)35-27(13-10-16-45-26-17-21(2)33(38)22(3)18-26)28-14-15-29(37)32(34(28)41-35)31-23(4)39-30(40-24(31)5)20-43-19-25-11-8-7-9-12-25/h7-9,11-12,14-15,17-18,41H,6,10,13,16,19-20H2,1-5H3. The Hall–Kier alpha value is -3.91. The average Bonchev–Trinajstić information content (AvgIpc) is 3.38. The third kappa shape index (κ3) is 7.33. The summed E-state index contributed by atoms with van der Waals surface area (Å²) in [6.07, 6.45) is 1.27.